The lowest BCUT2D eigenvalue weighted by atomic mass is 10.0. The predicted molar refractivity (Wildman–Crippen MR) is 72.9 cm³/mol. The molecule has 1 aromatic carbocycles. The topological polar surface area (TPSA) is 47.3 Å². The summed E-state index contributed by atoms with van der Waals surface area (Å²) in [6, 6.07) is 3.76. The van der Waals surface area contributed by atoms with E-state index in [0.717, 1.165) is 25.1 Å². The molecule has 1 saturated heterocycles. The molecule has 2 atom stereocenters. The molecule has 1 aliphatic rings. The molecule has 0 saturated carbocycles. The van der Waals surface area contributed by atoms with Crippen molar-refractivity contribution < 1.29 is 4.74 Å². The average Bonchev–Trinajstić information content (AvgIpc) is 2.23. The summed E-state index contributed by atoms with van der Waals surface area (Å²) in [7, 11) is 0. The Morgan fingerprint density at radius 1 is 1.35 bits per heavy atom. The maximum absolute atomic E-state index is 6.13. The minimum Gasteiger partial charge on any atom is -0.399 e. The van der Waals surface area contributed by atoms with Crippen molar-refractivity contribution in [2.45, 2.75) is 31.9 Å². The molecule has 2 rings (SSSR count). The van der Waals surface area contributed by atoms with Gasteiger partial charge in [-0.2, -0.15) is 0 Å². The zero-order valence-electron chi connectivity index (χ0n) is 9.67. The van der Waals surface area contributed by atoms with Crippen molar-refractivity contribution in [1.82, 2.24) is 0 Å². The molecule has 1 aromatic rings. The van der Waals surface area contributed by atoms with E-state index in [1.165, 1.54) is 0 Å². The van der Waals surface area contributed by atoms with Crippen LogP contribution in [0, 0.1) is 0 Å². The quantitative estimate of drug-likeness (QED) is 0.811. The molecule has 1 heterocycles. The van der Waals surface area contributed by atoms with Gasteiger partial charge in [0, 0.05) is 18.3 Å². The molecule has 0 aliphatic carbocycles. The SMILES string of the molecule is CC1CC(Nc2c(Cl)cc(N)cc2Cl)CCO1. The van der Waals surface area contributed by atoms with Gasteiger partial charge in [0.25, 0.3) is 0 Å². The van der Waals surface area contributed by atoms with Crippen LogP contribution >= 0.6 is 23.2 Å². The third kappa shape index (κ3) is 3.18. The van der Waals surface area contributed by atoms with Crippen LogP contribution in [0.25, 0.3) is 0 Å². The first kappa shape index (κ1) is 12.8. The molecule has 0 amide bonds. The molecular formula is C12H16Cl2N2O. The van der Waals surface area contributed by atoms with Crippen molar-refractivity contribution in [2.24, 2.45) is 0 Å². The molecule has 0 bridgehead atoms. The molecule has 94 valence electrons. The zero-order chi connectivity index (χ0) is 12.4. The Morgan fingerprint density at radius 3 is 2.59 bits per heavy atom. The van der Waals surface area contributed by atoms with Crippen LogP contribution in [0.15, 0.2) is 12.1 Å². The van der Waals surface area contributed by atoms with Crippen LogP contribution < -0.4 is 11.1 Å². The molecule has 1 aliphatic heterocycles. The summed E-state index contributed by atoms with van der Waals surface area (Å²) in [6.07, 6.45) is 2.19. The Hall–Kier alpha value is -0.640. The van der Waals surface area contributed by atoms with Crippen LogP contribution in [0.1, 0.15) is 19.8 Å². The highest BCUT2D eigenvalue weighted by Gasteiger charge is 2.20. The zero-order valence-corrected chi connectivity index (χ0v) is 11.2. The van der Waals surface area contributed by atoms with E-state index >= 15 is 0 Å². The smallest absolute Gasteiger partial charge is 0.0722 e. The Kier molecular flexibility index (Phi) is 4.02. The normalized spacial score (nSPS) is 24.6. The summed E-state index contributed by atoms with van der Waals surface area (Å²) in [6.45, 7) is 2.84. The lowest BCUT2D eigenvalue weighted by Gasteiger charge is -2.29. The monoisotopic (exact) mass is 274 g/mol. The van der Waals surface area contributed by atoms with Crippen molar-refractivity contribution >= 4 is 34.6 Å². The summed E-state index contributed by atoms with van der Waals surface area (Å²) in [4.78, 5) is 0. The van der Waals surface area contributed by atoms with Crippen LogP contribution in [0.2, 0.25) is 10.0 Å². The maximum Gasteiger partial charge on any atom is 0.0722 e. The number of halogens is 2. The van der Waals surface area contributed by atoms with E-state index in [9.17, 15) is 0 Å². The molecule has 0 radical (unpaired) electrons. The number of ether oxygens (including phenoxy) is 1. The molecule has 2 unspecified atom stereocenters. The Balaban J connectivity index is 2.12. The first-order chi connectivity index (χ1) is 8.06. The molecule has 3 N–H and O–H groups in total. The van der Waals surface area contributed by atoms with E-state index in [1.807, 2.05) is 0 Å². The number of nitrogens with one attached hydrogen (secondary N) is 1. The van der Waals surface area contributed by atoms with Crippen LogP contribution in [0.4, 0.5) is 11.4 Å². The van der Waals surface area contributed by atoms with E-state index in [4.69, 9.17) is 33.7 Å². The minimum atomic E-state index is 0.271. The van der Waals surface area contributed by atoms with E-state index in [2.05, 4.69) is 12.2 Å². The molecule has 1 fully saturated rings. The largest absolute Gasteiger partial charge is 0.399 e. The fourth-order valence-electron chi connectivity index (χ4n) is 2.06. The first-order valence-corrected chi connectivity index (χ1v) is 6.44. The number of nitrogen functional groups attached to an aromatic ring is 1. The summed E-state index contributed by atoms with van der Waals surface area (Å²) < 4.78 is 5.50. The van der Waals surface area contributed by atoms with Gasteiger partial charge in [0.2, 0.25) is 0 Å². The van der Waals surface area contributed by atoms with Crippen molar-refractivity contribution in [3.8, 4) is 0 Å². The highest BCUT2D eigenvalue weighted by atomic mass is 35.5. The van der Waals surface area contributed by atoms with Crippen LogP contribution in [-0.4, -0.2) is 18.8 Å². The van der Waals surface area contributed by atoms with Gasteiger partial charge in [-0.1, -0.05) is 23.2 Å². The number of anilines is 2. The standard InChI is InChI=1S/C12H16Cl2N2O/c1-7-4-9(2-3-17-7)16-12-10(13)5-8(15)6-11(12)14/h5-7,9,16H,2-4,15H2,1H3. The highest BCUT2D eigenvalue weighted by Crippen LogP contribution is 2.34. The van der Waals surface area contributed by atoms with Gasteiger partial charge < -0.3 is 15.8 Å². The number of hydrogen-bond donors (Lipinski definition) is 2. The molecule has 3 nitrogen and oxygen atoms in total. The van der Waals surface area contributed by atoms with Gasteiger partial charge in [-0.15, -0.1) is 0 Å². The summed E-state index contributed by atoms with van der Waals surface area (Å²) in [5, 5.41) is 4.50. The molecular weight excluding hydrogens is 259 g/mol. The van der Waals surface area contributed by atoms with Gasteiger partial charge in [0.05, 0.1) is 21.8 Å². The molecule has 5 heteroatoms. The summed E-state index contributed by atoms with van der Waals surface area (Å²) in [5.41, 5.74) is 7.01. The third-order valence-corrected chi connectivity index (χ3v) is 3.49. The third-order valence-electron chi connectivity index (χ3n) is 2.90. The summed E-state index contributed by atoms with van der Waals surface area (Å²) >= 11 is 12.3. The fraction of sp³-hybridized carbons (Fsp3) is 0.500. The van der Waals surface area contributed by atoms with Gasteiger partial charge in [-0.3, -0.25) is 0 Å². The predicted octanol–water partition coefficient (Wildman–Crippen LogP) is 3.56. The highest BCUT2D eigenvalue weighted by molar-refractivity contribution is 6.39. The Bertz CT molecular complexity index is 388. The molecule has 17 heavy (non-hydrogen) atoms. The van der Waals surface area contributed by atoms with Gasteiger partial charge >= 0.3 is 0 Å². The van der Waals surface area contributed by atoms with Crippen molar-refractivity contribution in [3.05, 3.63) is 22.2 Å². The van der Waals surface area contributed by atoms with Crippen LogP contribution in [-0.2, 0) is 4.74 Å². The number of nitrogens with two attached hydrogens (primary N) is 1. The lowest BCUT2D eigenvalue weighted by molar-refractivity contribution is 0.0232. The second kappa shape index (κ2) is 5.34. The van der Waals surface area contributed by atoms with Crippen LogP contribution in [0.5, 0.6) is 0 Å². The van der Waals surface area contributed by atoms with Crippen molar-refractivity contribution in [3.63, 3.8) is 0 Å². The molecule has 0 spiro atoms. The second-order valence-electron chi connectivity index (χ2n) is 4.41. The Labute approximate surface area is 111 Å². The number of hydrogen-bond acceptors (Lipinski definition) is 3. The fourth-order valence-corrected chi connectivity index (χ4v) is 2.68. The first-order valence-electron chi connectivity index (χ1n) is 5.69. The Morgan fingerprint density at radius 2 is 2.00 bits per heavy atom. The van der Waals surface area contributed by atoms with E-state index < -0.39 is 0 Å². The number of rotatable bonds is 2. The lowest BCUT2D eigenvalue weighted by Crippen LogP contribution is -2.32. The molecule has 0 aromatic heterocycles. The van der Waals surface area contributed by atoms with Gasteiger partial charge in [-0.25, -0.2) is 0 Å². The summed E-state index contributed by atoms with van der Waals surface area (Å²) in [5.74, 6) is 0. The maximum atomic E-state index is 6.13. The minimum absolute atomic E-state index is 0.271. The van der Waals surface area contributed by atoms with Gasteiger partial charge in [-0.05, 0) is 31.9 Å². The van der Waals surface area contributed by atoms with Crippen molar-refractivity contribution in [2.75, 3.05) is 17.7 Å². The van der Waals surface area contributed by atoms with Gasteiger partial charge in [0.15, 0.2) is 0 Å². The number of benzene rings is 1. The van der Waals surface area contributed by atoms with Crippen LogP contribution in [0.3, 0.4) is 0 Å². The average molecular weight is 275 g/mol. The van der Waals surface area contributed by atoms with E-state index in [1.54, 1.807) is 12.1 Å². The van der Waals surface area contributed by atoms with Gasteiger partial charge in [0.1, 0.15) is 0 Å². The van der Waals surface area contributed by atoms with E-state index in [0.29, 0.717) is 21.8 Å². The van der Waals surface area contributed by atoms with E-state index in [-0.39, 0.29) is 6.10 Å². The van der Waals surface area contributed by atoms with Crippen molar-refractivity contribution in [1.29, 1.82) is 0 Å². The second-order valence-corrected chi connectivity index (χ2v) is 5.22.